The number of carboxylic acids is 1. The molecule has 0 amide bonds. The molecule has 0 fully saturated rings. The first-order chi connectivity index (χ1) is 11.2. The number of nitrogens with one attached hydrogen (secondary N) is 1. The van der Waals surface area contributed by atoms with Crippen molar-refractivity contribution >= 4 is 5.97 Å². The predicted octanol–water partition coefficient (Wildman–Crippen LogP) is 3.18. The van der Waals surface area contributed by atoms with E-state index in [-0.39, 0.29) is 13.1 Å². The van der Waals surface area contributed by atoms with E-state index in [1.807, 2.05) is 60.7 Å². The fourth-order valence-corrected chi connectivity index (χ4v) is 2.29. The quantitative estimate of drug-likeness (QED) is 0.731. The summed E-state index contributed by atoms with van der Waals surface area (Å²) in [5, 5.41) is 11.5. The molecule has 3 rings (SSSR count). The molecule has 3 aromatic rings. The first-order valence-electron chi connectivity index (χ1n) is 7.27. The van der Waals surface area contributed by atoms with Crippen LogP contribution >= 0.6 is 0 Å². The van der Waals surface area contributed by atoms with Gasteiger partial charge in [-0.3, -0.25) is 10.1 Å². The highest BCUT2D eigenvalue weighted by molar-refractivity contribution is 5.76. The number of benzene rings is 2. The van der Waals surface area contributed by atoms with Gasteiger partial charge in [0.15, 0.2) is 5.76 Å². The molecule has 2 aromatic carbocycles. The average Bonchev–Trinajstić information content (AvgIpc) is 3.00. The zero-order valence-electron chi connectivity index (χ0n) is 12.4. The molecule has 0 aliphatic heterocycles. The van der Waals surface area contributed by atoms with Crippen LogP contribution in [0.25, 0.3) is 22.6 Å². The van der Waals surface area contributed by atoms with Gasteiger partial charge in [0, 0.05) is 11.1 Å². The second kappa shape index (κ2) is 6.89. The van der Waals surface area contributed by atoms with Crippen molar-refractivity contribution in [2.24, 2.45) is 0 Å². The minimum absolute atomic E-state index is 0.135. The van der Waals surface area contributed by atoms with Gasteiger partial charge < -0.3 is 9.52 Å². The SMILES string of the molecule is O=C(O)CNCc1nc(-c2ccccc2)c(-c2ccccc2)o1. The van der Waals surface area contributed by atoms with E-state index < -0.39 is 5.97 Å². The highest BCUT2D eigenvalue weighted by Crippen LogP contribution is 2.32. The molecule has 23 heavy (non-hydrogen) atoms. The van der Waals surface area contributed by atoms with Crippen LogP contribution in [0.15, 0.2) is 65.1 Å². The van der Waals surface area contributed by atoms with Crippen molar-refractivity contribution in [1.82, 2.24) is 10.3 Å². The Morgan fingerprint density at radius 2 is 1.61 bits per heavy atom. The van der Waals surface area contributed by atoms with Crippen LogP contribution in [0.5, 0.6) is 0 Å². The van der Waals surface area contributed by atoms with Crippen LogP contribution in [0.2, 0.25) is 0 Å². The lowest BCUT2D eigenvalue weighted by molar-refractivity contribution is -0.136. The maximum atomic E-state index is 10.6. The van der Waals surface area contributed by atoms with E-state index >= 15 is 0 Å². The second-order valence-electron chi connectivity index (χ2n) is 5.01. The van der Waals surface area contributed by atoms with Crippen molar-refractivity contribution in [2.45, 2.75) is 6.54 Å². The number of oxazole rings is 1. The summed E-state index contributed by atoms with van der Waals surface area (Å²) in [5.41, 5.74) is 2.65. The van der Waals surface area contributed by atoms with E-state index in [9.17, 15) is 4.79 Å². The van der Waals surface area contributed by atoms with Crippen molar-refractivity contribution in [1.29, 1.82) is 0 Å². The number of rotatable bonds is 6. The number of nitrogens with zero attached hydrogens (tertiary/aromatic N) is 1. The summed E-state index contributed by atoms with van der Waals surface area (Å²) < 4.78 is 5.87. The van der Waals surface area contributed by atoms with Gasteiger partial charge in [-0.05, 0) is 0 Å². The van der Waals surface area contributed by atoms with E-state index in [4.69, 9.17) is 9.52 Å². The van der Waals surface area contributed by atoms with Crippen LogP contribution in [0.4, 0.5) is 0 Å². The van der Waals surface area contributed by atoms with E-state index in [1.165, 1.54) is 0 Å². The molecular weight excluding hydrogens is 292 g/mol. The lowest BCUT2D eigenvalue weighted by Gasteiger charge is -2.00. The first-order valence-corrected chi connectivity index (χ1v) is 7.27. The summed E-state index contributed by atoms with van der Waals surface area (Å²) in [6.07, 6.45) is 0. The second-order valence-corrected chi connectivity index (χ2v) is 5.01. The number of carboxylic acid groups (broad SMARTS) is 1. The van der Waals surface area contributed by atoms with Crippen LogP contribution in [-0.4, -0.2) is 22.6 Å². The van der Waals surface area contributed by atoms with Crippen molar-refractivity contribution in [3.63, 3.8) is 0 Å². The highest BCUT2D eigenvalue weighted by atomic mass is 16.4. The van der Waals surface area contributed by atoms with E-state index in [2.05, 4.69) is 10.3 Å². The van der Waals surface area contributed by atoms with Gasteiger partial charge in [0.25, 0.3) is 0 Å². The Bertz CT molecular complexity index is 726. The summed E-state index contributed by atoms with van der Waals surface area (Å²) in [6.45, 7) is 0.128. The zero-order valence-corrected chi connectivity index (χ0v) is 12.4. The standard InChI is InChI=1S/C18H16N2O3/c21-16(22)12-19-11-15-20-17(13-7-3-1-4-8-13)18(23-15)14-9-5-2-6-10-14/h1-10,19H,11-12H2,(H,21,22). The predicted molar refractivity (Wildman–Crippen MR) is 86.7 cm³/mol. The molecular formula is C18H16N2O3. The van der Waals surface area contributed by atoms with Crippen LogP contribution in [-0.2, 0) is 11.3 Å². The van der Waals surface area contributed by atoms with E-state index in [1.54, 1.807) is 0 Å². The molecule has 0 atom stereocenters. The van der Waals surface area contributed by atoms with Crippen molar-refractivity contribution in [3.05, 3.63) is 66.6 Å². The molecule has 5 nitrogen and oxygen atoms in total. The van der Waals surface area contributed by atoms with Crippen LogP contribution in [0.3, 0.4) is 0 Å². The third kappa shape index (κ3) is 3.64. The monoisotopic (exact) mass is 308 g/mol. The van der Waals surface area contributed by atoms with E-state index in [0.717, 1.165) is 16.8 Å². The van der Waals surface area contributed by atoms with Crippen molar-refractivity contribution < 1.29 is 14.3 Å². The van der Waals surface area contributed by atoms with Gasteiger partial charge in [0.05, 0.1) is 13.1 Å². The van der Waals surface area contributed by atoms with Gasteiger partial charge >= 0.3 is 5.97 Å². The average molecular weight is 308 g/mol. The minimum atomic E-state index is -0.914. The van der Waals surface area contributed by atoms with Crippen molar-refractivity contribution in [2.75, 3.05) is 6.54 Å². The molecule has 0 saturated carbocycles. The Morgan fingerprint density at radius 1 is 1.00 bits per heavy atom. The van der Waals surface area contributed by atoms with E-state index in [0.29, 0.717) is 11.7 Å². The summed E-state index contributed by atoms with van der Waals surface area (Å²) >= 11 is 0. The lowest BCUT2D eigenvalue weighted by Crippen LogP contribution is -2.21. The van der Waals surface area contributed by atoms with Crippen LogP contribution in [0, 0.1) is 0 Å². The number of aliphatic carboxylic acids is 1. The number of carbonyl (C=O) groups is 1. The third-order valence-corrected chi connectivity index (χ3v) is 3.31. The summed E-state index contributed by atoms with van der Waals surface area (Å²) in [4.78, 5) is 15.1. The largest absolute Gasteiger partial charge is 0.480 e. The first kappa shape index (κ1) is 15.0. The molecule has 0 unspecified atom stereocenters. The van der Waals surface area contributed by atoms with Gasteiger partial charge in [-0.2, -0.15) is 0 Å². The van der Waals surface area contributed by atoms with Crippen LogP contribution < -0.4 is 5.32 Å². The topological polar surface area (TPSA) is 75.4 Å². The molecule has 0 spiro atoms. The summed E-state index contributed by atoms with van der Waals surface area (Å²) in [7, 11) is 0. The van der Waals surface area contributed by atoms with Gasteiger partial charge in [-0.1, -0.05) is 60.7 Å². The molecule has 1 aromatic heterocycles. The Balaban J connectivity index is 1.96. The molecule has 0 radical (unpaired) electrons. The third-order valence-electron chi connectivity index (χ3n) is 3.31. The van der Waals surface area contributed by atoms with Gasteiger partial charge in [0.1, 0.15) is 5.69 Å². The summed E-state index contributed by atoms with van der Waals surface area (Å²) in [6, 6.07) is 19.5. The number of hydrogen-bond donors (Lipinski definition) is 2. The Labute approximate surface area is 133 Å². The molecule has 5 heteroatoms. The fraction of sp³-hybridized carbons (Fsp3) is 0.111. The highest BCUT2D eigenvalue weighted by Gasteiger charge is 2.16. The van der Waals surface area contributed by atoms with Gasteiger partial charge in [-0.25, -0.2) is 4.98 Å². The molecule has 116 valence electrons. The molecule has 1 heterocycles. The molecule has 0 aliphatic carbocycles. The molecule has 0 bridgehead atoms. The number of hydrogen-bond acceptors (Lipinski definition) is 4. The lowest BCUT2D eigenvalue weighted by atomic mass is 10.1. The maximum absolute atomic E-state index is 10.6. The van der Waals surface area contributed by atoms with Crippen LogP contribution in [0.1, 0.15) is 5.89 Å². The zero-order chi connectivity index (χ0) is 16.1. The Morgan fingerprint density at radius 3 is 2.22 bits per heavy atom. The Kier molecular flexibility index (Phi) is 4.49. The molecule has 0 saturated heterocycles. The molecule has 2 N–H and O–H groups in total. The Hall–Kier alpha value is -2.92. The van der Waals surface area contributed by atoms with Gasteiger partial charge in [0.2, 0.25) is 5.89 Å². The minimum Gasteiger partial charge on any atom is -0.480 e. The fourth-order valence-electron chi connectivity index (χ4n) is 2.29. The maximum Gasteiger partial charge on any atom is 0.317 e. The van der Waals surface area contributed by atoms with Gasteiger partial charge in [-0.15, -0.1) is 0 Å². The smallest absolute Gasteiger partial charge is 0.317 e. The normalized spacial score (nSPS) is 10.6. The summed E-state index contributed by atoms with van der Waals surface area (Å²) in [5.74, 6) is 0.232. The molecule has 0 aliphatic rings. The number of aromatic nitrogens is 1. The van der Waals surface area contributed by atoms with Crippen molar-refractivity contribution in [3.8, 4) is 22.6 Å².